The van der Waals surface area contributed by atoms with E-state index in [0.717, 1.165) is 25.7 Å². The van der Waals surface area contributed by atoms with Gasteiger partial charge >= 0.3 is 5.97 Å². The molecule has 0 saturated heterocycles. The van der Waals surface area contributed by atoms with E-state index in [-0.39, 0.29) is 23.3 Å². The molecule has 0 bridgehead atoms. The van der Waals surface area contributed by atoms with Crippen LogP contribution in [0.25, 0.3) is 0 Å². The van der Waals surface area contributed by atoms with E-state index in [0.29, 0.717) is 0 Å². The topological polar surface area (TPSA) is 63.3 Å². The molecule has 1 rings (SSSR count). The van der Waals surface area contributed by atoms with Gasteiger partial charge in [-0.2, -0.15) is 0 Å². The SMILES string of the molecule is CCC(N)C1(CC(=O)O)CCCCC1(C)C. The van der Waals surface area contributed by atoms with Gasteiger partial charge in [0.25, 0.3) is 0 Å². The summed E-state index contributed by atoms with van der Waals surface area (Å²) in [5.41, 5.74) is 6.07. The van der Waals surface area contributed by atoms with Crippen molar-refractivity contribution < 1.29 is 9.90 Å². The zero-order valence-electron chi connectivity index (χ0n) is 10.8. The highest BCUT2D eigenvalue weighted by Crippen LogP contribution is 2.54. The Morgan fingerprint density at radius 1 is 1.38 bits per heavy atom. The summed E-state index contributed by atoms with van der Waals surface area (Å²) in [5, 5.41) is 9.15. The summed E-state index contributed by atoms with van der Waals surface area (Å²) in [6.07, 6.45) is 5.44. The van der Waals surface area contributed by atoms with Crippen LogP contribution in [0.3, 0.4) is 0 Å². The zero-order chi connectivity index (χ0) is 12.4. The lowest BCUT2D eigenvalue weighted by Gasteiger charge is -2.53. The van der Waals surface area contributed by atoms with Crippen molar-refractivity contribution in [3.8, 4) is 0 Å². The van der Waals surface area contributed by atoms with E-state index in [4.69, 9.17) is 10.8 Å². The van der Waals surface area contributed by atoms with E-state index in [9.17, 15) is 4.79 Å². The van der Waals surface area contributed by atoms with E-state index in [1.54, 1.807) is 0 Å². The van der Waals surface area contributed by atoms with Crippen molar-refractivity contribution in [2.45, 2.75) is 65.3 Å². The van der Waals surface area contributed by atoms with E-state index in [2.05, 4.69) is 20.8 Å². The maximum atomic E-state index is 11.1. The molecule has 0 aromatic carbocycles. The number of carboxylic acid groups (broad SMARTS) is 1. The molecule has 0 heterocycles. The highest BCUT2D eigenvalue weighted by atomic mass is 16.4. The van der Waals surface area contributed by atoms with E-state index >= 15 is 0 Å². The second kappa shape index (κ2) is 4.74. The highest BCUT2D eigenvalue weighted by molar-refractivity contribution is 5.68. The number of aliphatic carboxylic acids is 1. The van der Waals surface area contributed by atoms with Crippen molar-refractivity contribution in [3.05, 3.63) is 0 Å². The fourth-order valence-corrected chi connectivity index (χ4v) is 3.40. The van der Waals surface area contributed by atoms with Gasteiger partial charge in [-0.15, -0.1) is 0 Å². The highest BCUT2D eigenvalue weighted by Gasteiger charge is 2.50. The molecular weight excluding hydrogens is 202 g/mol. The third-order valence-electron chi connectivity index (χ3n) is 4.64. The van der Waals surface area contributed by atoms with Crippen LogP contribution < -0.4 is 5.73 Å². The Kier molecular flexibility index (Phi) is 4.00. The predicted molar refractivity (Wildman–Crippen MR) is 65.2 cm³/mol. The molecule has 0 aromatic rings. The van der Waals surface area contributed by atoms with Gasteiger partial charge < -0.3 is 10.8 Å². The Bertz CT molecular complexity index is 263. The molecule has 0 aromatic heterocycles. The second-order valence-electron chi connectivity index (χ2n) is 5.83. The molecule has 2 atom stereocenters. The summed E-state index contributed by atoms with van der Waals surface area (Å²) in [4.78, 5) is 11.1. The first kappa shape index (κ1) is 13.5. The predicted octanol–water partition coefficient (Wildman–Crippen LogP) is 2.79. The minimum absolute atomic E-state index is 0.00102. The van der Waals surface area contributed by atoms with Gasteiger partial charge in [0.2, 0.25) is 0 Å². The van der Waals surface area contributed by atoms with Crippen molar-refractivity contribution >= 4 is 5.97 Å². The molecule has 3 nitrogen and oxygen atoms in total. The first-order valence-corrected chi connectivity index (χ1v) is 6.33. The van der Waals surface area contributed by atoms with Crippen LogP contribution in [0.5, 0.6) is 0 Å². The van der Waals surface area contributed by atoms with Crippen LogP contribution in [0, 0.1) is 10.8 Å². The smallest absolute Gasteiger partial charge is 0.303 e. The van der Waals surface area contributed by atoms with Gasteiger partial charge in [0, 0.05) is 11.5 Å². The monoisotopic (exact) mass is 227 g/mol. The average molecular weight is 227 g/mol. The van der Waals surface area contributed by atoms with Gasteiger partial charge in [-0.1, -0.05) is 33.6 Å². The summed E-state index contributed by atoms with van der Waals surface area (Å²) in [5.74, 6) is -0.709. The first-order valence-electron chi connectivity index (χ1n) is 6.33. The van der Waals surface area contributed by atoms with Crippen LogP contribution in [0.2, 0.25) is 0 Å². The molecule has 1 saturated carbocycles. The third-order valence-corrected chi connectivity index (χ3v) is 4.64. The molecule has 1 fully saturated rings. The van der Waals surface area contributed by atoms with E-state index < -0.39 is 5.97 Å². The van der Waals surface area contributed by atoms with Gasteiger partial charge in [0.15, 0.2) is 0 Å². The third kappa shape index (κ3) is 2.24. The quantitative estimate of drug-likeness (QED) is 0.776. The van der Waals surface area contributed by atoms with Crippen LogP contribution in [0.1, 0.15) is 59.3 Å². The lowest BCUT2D eigenvalue weighted by Crippen LogP contribution is -2.53. The van der Waals surface area contributed by atoms with Crippen LogP contribution in [-0.4, -0.2) is 17.1 Å². The second-order valence-corrected chi connectivity index (χ2v) is 5.83. The summed E-state index contributed by atoms with van der Waals surface area (Å²) >= 11 is 0. The molecule has 94 valence electrons. The number of rotatable bonds is 4. The molecule has 16 heavy (non-hydrogen) atoms. The summed E-state index contributed by atoms with van der Waals surface area (Å²) in [7, 11) is 0. The molecule has 1 aliphatic carbocycles. The standard InChI is InChI=1S/C13H25NO2/c1-4-10(14)13(9-11(15)16)8-6-5-7-12(13,2)3/h10H,4-9,14H2,1-3H3,(H,15,16). The maximum Gasteiger partial charge on any atom is 0.303 e. The summed E-state index contributed by atoms with van der Waals surface area (Å²) < 4.78 is 0. The molecule has 1 aliphatic rings. The van der Waals surface area contributed by atoms with Crippen molar-refractivity contribution in [2.24, 2.45) is 16.6 Å². The molecule has 3 N–H and O–H groups in total. The summed E-state index contributed by atoms with van der Waals surface area (Å²) in [6, 6.07) is -0.00102. The molecule has 0 spiro atoms. The van der Waals surface area contributed by atoms with Crippen molar-refractivity contribution in [2.75, 3.05) is 0 Å². The fourth-order valence-electron chi connectivity index (χ4n) is 3.40. The molecule has 0 aliphatic heterocycles. The van der Waals surface area contributed by atoms with E-state index in [1.165, 1.54) is 6.42 Å². The Hall–Kier alpha value is -0.570. The number of hydrogen-bond acceptors (Lipinski definition) is 2. The lowest BCUT2D eigenvalue weighted by atomic mass is 9.53. The minimum Gasteiger partial charge on any atom is -0.481 e. The number of hydrogen-bond donors (Lipinski definition) is 2. The Balaban J connectivity index is 3.04. The molecule has 0 radical (unpaired) electrons. The number of nitrogens with two attached hydrogens (primary N) is 1. The maximum absolute atomic E-state index is 11.1. The van der Waals surface area contributed by atoms with Crippen molar-refractivity contribution in [1.29, 1.82) is 0 Å². The van der Waals surface area contributed by atoms with Crippen LogP contribution in [0.4, 0.5) is 0 Å². The van der Waals surface area contributed by atoms with Gasteiger partial charge in [-0.05, 0) is 24.7 Å². The van der Waals surface area contributed by atoms with Crippen LogP contribution >= 0.6 is 0 Å². The zero-order valence-corrected chi connectivity index (χ0v) is 10.8. The van der Waals surface area contributed by atoms with Gasteiger partial charge in [0.05, 0.1) is 6.42 Å². The number of carboxylic acids is 1. The first-order chi connectivity index (χ1) is 7.35. The van der Waals surface area contributed by atoms with Crippen LogP contribution in [-0.2, 0) is 4.79 Å². The largest absolute Gasteiger partial charge is 0.481 e. The van der Waals surface area contributed by atoms with Crippen LogP contribution in [0.15, 0.2) is 0 Å². The molecular formula is C13H25NO2. The normalized spacial score (nSPS) is 31.0. The van der Waals surface area contributed by atoms with Gasteiger partial charge in [-0.3, -0.25) is 4.79 Å². The number of carbonyl (C=O) groups is 1. The Morgan fingerprint density at radius 3 is 2.38 bits per heavy atom. The van der Waals surface area contributed by atoms with Gasteiger partial charge in [-0.25, -0.2) is 0 Å². The Morgan fingerprint density at radius 2 is 1.94 bits per heavy atom. The van der Waals surface area contributed by atoms with Crippen molar-refractivity contribution in [1.82, 2.24) is 0 Å². The molecule has 0 amide bonds. The molecule has 2 unspecified atom stereocenters. The fraction of sp³-hybridized carbons (Fsp3) is 0.923. The summed E-state index contributed by atoms with van der Waals surface area (Å²) in [6.45, 7) is 6.42. The Labute approximate surface area is 98.4 Å². The average Bonchev–Trinajstić information content (AvgIpc) is 2.19. The molecule has 3 heteroatoms. The van der Waals surface area contributed by atoms with Crippen molar-refractivity contribution in [3.63, 3.8) is 0 Å². The van der Waals surface area contributed by atoms with E-state index in [1.807, 2.05) is 0 Å². The lowest BCUT2D eigenvalue weighted by molar-refractivity contribution is -0.145. The van der Waals surface area contributed by atoms with Gasteiger partial charge in [0.1, 0.15) is 0 Å². The minimum atomic E-state index is -0.709.